The SMILES string of the molecule is CCCCC(CC(C)(C)C)Oc1ccccc1C=O. The van der Waals surface area contributed by atoms with E-state index in [0.29, 0.717) is 11.3 Å². The van der Waals surface area contributed by atoms with Crippen LogP contribution in [-0.4, -0.2) is 12.4 Å². The minimum atomic E-state index is 0.182. The number of aldehydes is 1. The van der Waals surface area contributed by atoms with E-state index in [1.54, 1.807) is 6.07 Å². The van der Waals surface area contributed by atoms with Gasteiger partial charge < -0.3 is 4.74 Å². The molecule has 0 saturated carbocycles. The second kappa shape index (κ2) is 7.32. The summed E-state index contributed by atoms with van der Waals surface area (Å²) in [4.78, 5) is 11.0. The van der Waals surface area contributed by atoms with Crippen LogP contribution in [0.1, 0.15) is 63.7 Å². The van der Waals surface area contributed by atoms with Crippen molar-refractivity contribution in [3.05, 3.63) is 29.8 Å². The molecule has 0 bridgehead atoms. The van der Waals surface area contributed by atoms with E-state index in [-0.39, 0.29) is 11.5 Å². The smallest absolute Gasteiger partial charge is 0.153 e. The van der Waals surface area contributed by atoms with E-state index in [1.807, 2.05) is 18.2 Å². The molecule has 0 aliphatic rings. The topological polar surface area (TPSA) is 26.3 Å². The third-order valence-electron chi connectivity index (χ3n) is 3.06. The van der Waals surface area contributed by atoms with Crippen LogP contribution in [0.3, 0.4) is 0 Å². The highest BCUT2D eigenvalue weighted by atomic mass is 16.5. The molecule has 19 heavy (non-hydrogen) atoms. The fourth-order valence-electron chi connectivity index (χ4n) is 2.18. The Morgan fingerprint density at radius 3 is 2.53 bits per heavy atom. The van der Waals surface area contributed by atoms with Gasteiger partial charge in [-0.2, -0.15) is 0 Å². The quantitative estimate of drug-likeness (QED) is 0.655. The molecule has 0 aliphatic heterocycles. The van der Waals surface area contributed by atoms with Gasteiger partial charge in [-0.25, -0.2) is 0 Å². The first kappa shape index (κ1) is 15.7. The molecule has 0 spiro atoms. The number of hydrogen-bond acceptors (Lipinski definition) is 2. The standard InChI is InChI=1S/C17H26O2/c1-5-6-10-15(12-17(2,3)4)19-16-11-8-7-9-14(16)13-18/h7-9,11,13,15H,5-6,10,12H2,1-4H3. The predicted octanol–water partition coefficient (Wildman–Crippen LogP) is 4.87. The van der Waals surface area contributed by atoms with Crippen LogP contribution in [0.5, 0.6) is 5.75 Å². The molecular weight excluding hydrogens is 236 g/mol. The van der Waals surface area contributed by atoms with Crippen molar-refractivity contribution in [2.45, 2.75) is 59.5 Å². The summed E-state index contributed by atoms with van der Waals surface area (Å²) < 4.78 is 6.08. The van der Waals surface area contributed by atoms with E-state index < -0.39 is 0 Å². The summed E-state index contributed by atoms with van der Waals surface area (Å²) in [6.45, 7) is 8.86. The highest BCUT2D eigenvalue weighted by Gasteiger charge is 2.20. The van der Waals surface area contributed by atoms with Crippen molar-refractivity contribution in [2.24, 2.45) is 5.41 Å². The fourth-order valence-corrected chi connectivity index (χ4v) is 2.18. The number of carbonyl (C=O) groups is 1. The van der Waals surface area contributed by atoms with Crippen LogP contribution in [0.25, 0.3) is 0 Å². The lowest BCUT2D eigenvalue weighted by Crippen LogP contribution is -2.24. The number of para-hydroxylation sites is 1. The van der Waals surface area contributed by atoms with Crippen molar-refractivity contribution in [2.75, 3.05) is 0 Å². The lowest BCUT2D eigenvalue weighted by molar-refractivity contribution is 0.110. The molecule has 1 rings (SSSR count). The molecule has 1 unspecified atom stereocenters. The normalized spacial score (nSPS) is 13.1. The van der Waals surface area contributed by atoms with Crippen molar-refractivity contribution in [1.82, 2.24) is 0 Å². The van der Waals surface area contributed by atoms with Gasteiger partial charge in [0.15, 0.2) is 6.29 Å². The molecule has 0 radical (unpaired) electrons. The number of hydrogen-bond donors (Lipinski definition) is 0. The van der Waals surface area contributed by atoms with Crippen LogP contribution in [0.15, 0.2) is 24.3 Å². The summed E-state index contributed by atoms with van der Waals surface area (Å²) in [6.07, 6.45) is 5.41. The van der Waals surface area contributed by atoms with E-state index in [1.165, 1.54) is 6.42 Å². The van der Waals surface area contributed by atoms with Gasteiger partial charge in [-0.3, -0.25) is 4.79 Å². The summed E-state index contributed by atoms with van der Waals surface area (Å²) in [7, 11) is 0. The van der Waals surface area contributed by atoms with Gasteiger partial charge >= 0.3 is 0 Å². The zero-order chi connectivity index (χ0) is 14.3. The maximum absolute atomic E-state index is 11.0. The van der Waals surface area contributed by atoms with Crippen LogP contribution in [0, 0.1) is 5.41 Å². The summed E-state index contributed by atoms with van der Waals surface area (Å²) in [5.41, 5.74) is 0.868. The van der Waals surface area contributed by atoms with E-state index in [4.69, 9.17) is 4.74 Å². The molecule has 0 amide bonds. The Hall–Kier alpha value is -1.31. The van der Waals surface area contributed by atoms with Crippen molar-refractivity contribution in [3.8, 4) is 5.75 Å². The van der Waals surface area contributed by atoms with Crippen LogP contribution in [-0.2, 0) is 0 Å². The van der Waals surface area contributed by atoms with Gasteiger partial charge in [-0.05, 0) is 30.4 Å². The Kier molecular flexibility index (Phi) is 6.07. The monoisotopic (exact) mass is 262 g/mol. The average Bonchev–Trinajstić information content (AvgIpc) is 2.35. The Morgan fingerprint density at radius 2 is 1.95 bits per heavy atom. The van der Waals surface area contributed by atoms with E-state index in [0.717, 1.165) is 25.5 Å². The van der Waals surface area contributed by atoms with Gasteiger partial charge in [0.1, 0.15) is 5.75 Å². The highest BCUT2D eigenvalue weighted by molar-refractivity contribution is 5.79. The average molecular weight is 262 g/mol. The van der Waals surface area contributed by atoms with Gasteiger partial charge in [-0.15, -0.1) is 0 Å². The summed E-state index contributed by atoms with van der Waals surface area (Å²) in [5.74, 6) is 0.711. The molecule has 106 valence electrons. The Balaban J connectivity index is 2.78. The van der Waals surface area contributed by atoms with Gasteiger partial charge in [0.2, 0.25) is 0 Å². The number of carbonyl (C=O) groups excluding carboxylic acids is 1. The number of benzene rings is 1. The van der Waals surface area contributed by atoms with Crippen LogP contribution < -0.4 is 4.74 Å². The third-order valence-corrected chi connectivity index (χ3v) is 3.06. The van der Waals surface area contributed by atoms with Gasteiger partial charge in [0, 0.05) is 0 Å². The highest BCUT2D eigenvalue weighted by Crippen LogP contribution is 2.27. The molecule has 0 aliphatic carbocycles. The molecule has 0 saturated heterocycles. The molecular formula is C17H26O2. The molecule has 2 heteroatoms. The maximum Gasteiger partial charge on any atom is 0.153 e. The molecule has 1 atom stereocenters. The Labute approximate surface area is 117 Å². The third kappa shape index (κ3) is 5.91. The van der Waals surface area contributed by atoms with Crippen molar-refractivity contribution in [1.29, 1.82) is 0 Å². The minimum Gasteiger partial charge on any atom is -0.490 e. The first-order valence-electron chi connectivity index (χ1n) is 7.17. The van der Waals surface area contributed by atoms with Crippen molar-refractivity contribution < 1.29 is 9.53 Å². The molecule has 1 aromatic rings. The molecule has 0 N–H and O–H groups in total. The number of unbranched alkanes of at least 4 members (excludes halogenated alkanes) is 1. The summed E-state index contributed by atoms with van der Waals surface area (Å²) >= 11 is 0. The fraction of sp³-hybridized carbons (Fsp3) is 0.588. The van der Waals surface area contributed by atoms with E-state index >= 15 is 0 Å². The Morgan fingerprint density at radius 1 is 1.26 bits per heavy atom. The van der Waals surface area contributed by atoms with Crippen LogP contribution in [0.2, 0.25) is 0 Å². The first-order valence-corrected chi connectivity index (χ1v) is 7.17. The maximum atomic E-state index is 11.0. The molecule has 0 fully saturated rings. The lowest BCUT2D eigenvalue weighted by atomic mass is 9.87. The van der Waals surface area contributed by atoms with Crippen molar-refractivity contribution in [3.63, 3.8) is 0 Å². The van der Waals surface area contributed by atoms with Crippen molar-refractivity contribution >= 4 is 6.29 Å². The van der Waals surface area contributed by atoms with Crippen LogP contribution >= 0.6 is 0 Å². The molecule has 2 nitrogen and oxygen atoms in total. The number of ether oxygens (including phenoxy) is 1. The van der Waals surface area contributed by atoms with E-state index in [9.17, 15) is 4.79 Å². The number of rotatable bonds is 7. The zero-order valence-electron chi connectivity index (χ0n) is 12.6. The molecule has 1 aromatic carbocycles. The van der Waals surface area contributed by atoms with Gasteiger partial charge in [0.25, 0.3) is 0 Å². The summed E-state index contributed by atoms with van der Waals surface area (Å²) in [6, 6.07) is 7.46. The zero-order valence-corrected chi connectivity index (χ0v) is 12.6. The Bertz CT molecular complexity index is 390. The largest absolute Gasteiger partial charge is 0.490 e. The summed E-state index contributed by atoms with van der Waals surface area (Å²) in [5, 5.41) is 0. The molecule has 0 heterocycles. The van der Waals surface area contributed by atoms with Gasteiger partial charge in [-0.1, -0.05) is 52.7 Å². The molecule has 0 aromatic heterocycles. The van der Waals surface area contributed by atoms with Gasteiger partial charge in [0.05, 0.1) is 11.7 Å². The lowest BCUT2D eigenvalue weighted by Gasteiger charge is -2.27. The first-order chi connectivity index (χ1) is 8.96. The minimum absolute atomic E-state index is 0.182. The second-order valence-electron chi connectivity index (χ2n) is 6.30. The predicted molar refractivity (Wildman–Crippen MR) is 79.8 cm³/mol. The van der Waals surface area contributed by atoms with Crippen LogP contribution in [0.4, 0.5) is 0 Å². The van der Waals surface area contributed by atoms with E-state index in [2.05, 4.69) is 27.7 Å². The second-order valence-corrected chi connectivity index (χ2v) is 6.30.